The Bertz CT molecular complexity index is 937. The number of nitrogens with one attached hydrogen (secondary N) is 1. The van der Waals surface area contributed by atoms with Crippen LogP contribution in [-0.2, 0) is 10.0 Å². The van der Waals surface area contributed by atoms with Crippen molar-refractivity contribution in [1.82, 2.24) is 4.72 Å². The zero-order valence-electron chi connectivity index (χ0n) is 16.0. The summed E-state index contributed by atoms with van der Waals surface area (Å²) in [7, 11) is -2.21. The maximum Gasteiger partial charge on any atom is 0.269 e. The van der Waals surface area contributed by atoms with Crippen molar-refractivity contribution < 1.29 is 18.1 Å². The van der Waals surface area contributed by atoms with Gasteiger partial charge in [0, 0.05) is 18.2 Å². The van der Waals surface area contributed by atoms with Crippen LogP contribution >= 0.6 is 0 Å². The van der Waals surface area contributed by atoms with E-state index < -0.39 is 21.0 Å². The first-order valence-electron chi connectivity index (χ1n) is 8.52. The number of rotatable bonds is 7. The Labute approximate surface area is 159 Å². The van der Waals surface area contributed by atoms with Crippen LogP contribution in [0.1, 0.15) is 49.4 Å². The molecule has 0 aliphatic rings. The summed E-state index contributed by atoms with van der Waals surface area (Å²) in [5, 5.41) is 10.7. The summed E-state index contributed by atoms with van der Waals surface area (Å²) in [5.41, 5.74) is 2.61. The molecule has 0 aliphatic carbocycles. The first-order chi connectivity index (χ1) is 12.6. The van der Waals surface area contributed by atoms with E-state index in [1.807, 2.05) is 32.9 Å². The highest BCUT2D eigenvalue weighted by Crippen LogP contribution is 2.32. The van der Waals surface area contributed by atoms with Gasteiger partial charge in [-0.1, -0.05) is 13.8 Å². The molecule has 146 valence electrons. The van der Waals surface area contributed by atoms with Gasteiger partial charge in [-0.15, -0.1) is 0 Å². The van der Waals surface area contributed by atoms with Crippen molar-refractivity contribution in [3.63, 3.8) is 0 Å². The fraction of sp³-hybridized carbons (Fsp3) is 0.368. The van der Waals surface area contributed by atoms with Gasteiger partial charge >= 0.3 is 0 Å². The van der Waals surface area contributed by atoms with Gasteiger partial charge in [0.2, 0.25) is 10.0 Å². The van der Waals surface area contributed by atoms with Crippen molar-refractivity contribution in [2.45, 2.75) is 44.6 Å². The van der Waals surface area contributed by atoms with Gasteiger partial charge < -0.3 is 4.74 Å². The number of sulfonamides is 1. The summed E-state index contributed by atoms with van der Waals surface area (Å²) >= 11 is 0. The number of ether oxygens (including phenoxy) is 1. The molecule has 0 aromatic heterocycles. The number of nitro groups is 1. The second kappa shape index (κ2) is 8.06. The molecule has 0 aliphatic heterocycles. The average Bonchev–Trinajstić information content (AvgIpc) is 2.60. The van der Waals surface area contributed by atoms with E-state index in [4.69, 9.17) is 4.74 Å². The minimum absolute atomic E-state index is 0.0183. The van der Waals surface area contributed by atoms with Gasteiger partial charge in [-0.05, 0) is 60.7 Å². The molecule has 2 aromatic carbocycles. The van der Waals surface area contributed by atoms with Crippen molar-refractivity contribution in [3.05, 3.63) is 63.2 Å². The molecule has 0 unspecified atom stereocenters. The van der Waals surface area contributed by atoms with Crippen LogP contribution in [0.25, 0.3) is 0 Å². The molecule has 0 saturated carbocycles. The molecule has 2 rings (SSSR count). The van der Waals surface area contributed by atoms with Crippen LogP contribution in [0.2, 0.25) is 0 Å². The van der Waals surface area contributed by atoms with Gasteiger partial charge in [0.15, 0.2) is 0 Å². The highest BCUT2D eigenvalue weighted by molar-refractivity contribution is 7.89. The Kier molecular flexibility index (Phi) is 6.22. The van der Waals surface area contributed by atoms with Crippen molar-refractivity contribution in [2.75, 3.05) is 7.11 Å². The lowest BCUT2D eigenvalue weighted by molar-refractivity contribution is -0.384. The Morgan fingerprint density at radius 1 is 1.07 bits per heavy atom. The van der Waals surface area contributed by atoms with E-state index in [1.54, 1.807) is 14.0 Å². The molecule has 8 heteroatoms. The standard InChI is InChI=1S/C19H24N2O5S/c1-12(2)17-11-18(13(3)10-19(17)26-5)14(4)20-27(24,25)16-8-6-15(7-9-16)21(22)23/h6-12,14,20H,1-5H3/t14-/m0/s1. The van der Waals surface area contributed by atoms with Crippen LogP contribution in [-0.4, -0.2) is 20.5 Å². The lowest BCUT2D eigenvalue weighted by Crippen LogP contribution is -2.27. The number of non-ortho nitro benzene ring substituents is 1. The highest BCUT2D eigenvalue weighted by atomic mass is 32.2. The summed E-state index contributed by atoms with van der Waals surface area (Å²) in [5.74, 6) is 0.995. The smallest absolute Gasteiger partial charge is 0.269 e. The van der Waals surface area contributed by atoms with Crippen molar-refractivity contribution in [2.24, 2.45) is 0 Å². The van der Waals surface area contributed by atoms with Crippen LogP contribution in [0, 0.1) is 17.0 Å². The molecular weight excluding hydrogens is 368 g/mol. The molecule has 0 fully saturated rings. The predicted octanol–water partition coefficient (Wildman–Crippen LogP) is 4.07. The number of hydrogen-bond donors (Lipinski definition) is 1. The third-order valence-electron chi connectivity index (χ3n) is 4.40. The number of benzene rings is 2. The molecule has 0 spiro atoms. The molecule has 0 saturated heterocycles. The number of aryl methyl sites for hydroxylation is 1. The van der Waals surface area contributed by atoms with Gasteiger partial charge in [-0.2, -0.15) is 0 Å². The molecular formula is C19H24N2O5S. The SMILES string of the molecule is COc1cc(C)c([C@H](C)NS(=O)(=O)c2ccc([N+](=O)[O-])cc2)cc1C(C)C. The molecule has 2 aromatic rings. The lowest BCUT2D eigenvalue weighted by Gasteiger charge is -2.21. The highest BCUT2D eigenvalue weighted by Gasteiger charge is 2.22. The second-order valence-corrected chi connectivity index (χ2v) is 8.41. The Balaban J connectivity index is 2.34. The summed E-state index contributed by atoms with van der Waals surface area (Å²) < 4.78 is 33.4. The third kappa shape index (κ3) is 4.64. The van der Waals surface area contributed by atoms with E-state index >= 15 is 0 Å². The number of nitro benzene ring substituents is 1. The van der Waals surface area contributed by atoms with Crippen molar-refractivity contribution in [3.8, 4) is 5.75 Å². The molecule has 1 atom stereocenters. The van der Waals surface area contributed by atoms with Crippen LogP contribution in [0.5, 0.6) is 5.75 Å². The first-order valence-corrected chi connectivity index (χ1v) is 10.0. The number of nitrogens with zero attached hydrogens (tertiary/aromatic N) is 1. The van der Waals surface area contributed by atoms with E-state index in [1.165, 1.54) is 24.3 Å². The second-order valence-electron chi connectivity index (χ2n) is 6.70. The monoisotopic (exact) mass is 392 g/mol. The maximum absolute atomic E-state index is 12.6. The number of methoxy groups -OCH3 is 1. The summed E-state index contributed by atoms with van der Waals surface area (Å²) in [4.78, 5) is 10.1. The van der Waals surface area contributed by atoms with Gasteiger partial charge in [0.25, 0.3) is 5.69 Å². The minimum atomic E-state index is -3.82. The maximum atomic E-state index is 12.6. The van der Waals surface area contributed by atoms with Gasteiger partial charge in [-0.3, -0.25) is 10.1 Å². The molecule has 0 amide bonds. The molecule has 1 N–H and O–H groups in total. The van der Waals surface area contributed by atoms with Gasteiger partial charge in [0.05, 0.1) is 16.9 Å². The van der Waals surface area contributed by atoms with Crippen LogP contribution in [0.15, 0.2) is 41.3 Å². The molecule has 0 bridgehead atoms. The van der Waals surface area contributed by atoms with E-state index in [0.717, 1.165) is 22.4 Å². The van der Waals surface area contributed by atoms with Crippen LogP contribution in [0.3, 0.4) is 0 Å². The zero-order valence-corrected chi connectivity index (χ0v) is 16.8. The first kappa shape index (κ1) is 20.9. The largest absolute Gasteiger partial charge is 0.496 e. The summed E-state index contributed by atoms with van der Waals surface area (Å²) in [6.07, 6.45) is 0. The van der Waals surface area contributed by atoms with Crippen LogP contribution < -0.4 is 9.46 Å². The Hall–Kier alpha value is -2.45. The van der Waals surface area contributed by atoms with E-state index in [2.05, 4.69) is 4.72 Å². The molecule has 27 heavy (non-hydrogen) atoms. The number of hydrogen-bond acceptors (Lipinski definition) is 5. The van der Waals surface area contributed by atoms with Crippen molar-refractivity contribution >= 4 is 15.7 Å². The summed E-state index contributed by atoms with van der Waals surface area (Å²) in [6, 6.07) is 8.20. The van der Waals surface area contributed by atoms with E-state index in [0.29, 0.717) is 0 Å². The van der Waals surface area contributed by atoms with Crippen LogP contribution in [0.4, 0.5) is 5.69 Å². The Morgan fingerprint density at radius 3 is 2.15 bits per heavy atom. The average molecular weight is 392 g/mol. The van der Waals surface area contributed by atoms with E-state index in [9.17, 15) is 18.5 Å². The Morgan fingerprint density at radius 2 is 1.67 bits per heavy atom. The van der Waals surface area contributed by atoms with Gasteiger partial charge in [-0.25, -0.2) is 13.1 Å². The third-order valence-corrected chi connectivity index (χ3v) is 5.95. The molecule has 0 radical (unpaired) electrons. The van der Waals surface area contributed by atoms with E-state index in [-0.39, 0.29) is 16.5 Å². The topological polar surface area (TPSA) is 98.5 Å². The zero-order chi connectivity index (χ0) is 20.4. The minimum Gasteiger partial charge on any atom is -0.496 e. The van der Waals surface area contributed by atoms with Gasteiger partial charge in [0.1, 0.15) is 5.75 Å². The normalized spacial score (nSPS) is 12.8. The summed E-state index contributed by atoms with van der Waals surface area (Å²) in [6.45, 7) is 7.76. The fourth-order valence-corrected chi connectivity index (χ4v) is 4.14. The quantitative estimate of drug-likeness (QED) is 0.565. The predicted molar refractivity (Wildman–Crippen MR) is 104 cm³/mol. The molecule has 0 heterocycles. The molecule has 7 nitrogen and oxygen atoms in total. The lowest BCUT2D eigenvalue weighted by atomic mass is 9.94. The van der Waals surface area contributed by atoms with Crippen molar-refractivity contribution in [1.29, 1.82) is 0 Å². The fourth-order valence-electron chi connectivity index (χ4n) is 2.92.